The number of nitrogens with one attached hydrogen (secondary N) is 2. The summed E-state index contributed by atoms with van der Waals surface area (Å²) in [6.07, 6.45) is 2.71. The quantitative estimate of drug-likeness (QED) is 0.344. The van der Waals surface area contributed by atoms with Gasteiger partial charge in [-0.3, -0.25) is 0 Å². The van der Waals surface area contributed by atoms with E-state index in [1.165, 1.54) is 5.56 Å². The molecule has 0 radical (unpaired) electrons. The van der Waals surface area contributed by atoms with Gasteiger partial charge in [0.05, 0.1) is 5.52 Å². The largest absolute Gasteiger partial charge is 0.492 e. The molecule has 5 nitrogen and oxygen atoms in total. The molecule has 0 saturated carbocycles. The van der Waals surface area contributed by atoms with Crippen LogP contribution in [0.3, 0.4) is 0 Å². The van der Waals surface area contributed by atoms with Crippen LogP contribution in [0.1, 0.15) is 5.56 Å². The molecule has 4 rings (SSSR count). The van der Waals surface area contributed by atoms with Crippen molar-refractivity contribution < 1.29 is 4.74 Å². The second-order valence-corrected chi connectivity index (χ2v) is 7.96. The molecule has 7 heteroatoms. The highest BCUT2D eigenvalue weighted by molar-refractivity contribution is 9.10. The van der Waals surface area contributed by atoms with Crippen molar-refractivity contribution in [2.45, 2.75) is 6.42 Å². The normalized spacial score (nSPS) is 11.1. The molecule has 0 aliphatic heterocycles. The van der Waals surface area contributed by atoms with E-state index in [4.69, 9.17) is 16.3 Å². The van der Waals surface area contributed by atoms with Gasteiger partial charge in [-0.1, -0.05) is 23.7 Å². The van der Waals surface area contributed by atoms with Gasteiger partial charge < -0.3 is 15.0 Å². The zero-order chi connectivity index (χ0) is 20.1. The average Bonchev–Trinajstić information content (AvgIpc) is 3.15. The highest BCUT2D eigenvalue weighted by Gasteiger charge is 2.07. The number of pyridine rings is 1. The molecule has 0 aliphatic rings. The minimum Gasteiger partial charge on any atom is -0.492 e. The molecule has 2 aromatic carbocycles. The number of ether oxygens (including phenoxy) is 1. The zero-order valence-electron chi connectivity index (χ0n) is 15.7. The Kier molecular flexibility index (Phi) is 6.44. The summed E-state index contributed by atoms with van der Waals surface area (Å²) in [4.78, 5) is 12.1. The van der Waals surface area contributed by atoms with Crippen molar-refractivity contribution in [2.75, 3.05) is 19.7 Å². The first-order valence-electron chi connectivity index (χ1n) is 9.37. The van der Waals surface area contributed by atoms with Gasteiger partial charge in [0.1, 0.15) is 18.2 Å². The standard InChI is InChI=1S/C22H20BrClN4O/c23-17-13-20-22(26-14-17)28-21(27-20)16-3-7-19(8-4-16)29-12-11-25-10-9-15-1-5-18(24)6-2-15/h1-8,13-14,25H,9-12H2,(H,26,27,28). The van der Waals surface area contributed by atoms with Gasteiger partial charge in [-0.05, 0) is 76.9 Å². The molecule has 29 heavy (non-hydrogen) atoms. The van der Waals surface area contributed by atoms with Gasteiger partial charge >= 0.3 is 0 Å². The van der Waals surface area contributed by atoms with Crippen LogP contribution in [0.5, 0.6) is 5.75 Å². The Bertz CT molecular complexity index is 1080. The number of imidazole rings is 1. The molecule has 2 heterocycles. The fourth-order valence-electron chi connectivity index (χ4n) is 2.97. The van der Waals surface area contributed by atoms with Crippen LogP contribution in [0, 0.1) is 0 Å². The Balaban J connectivity index is 1.23. The number of hydrogen-bond donors (Lipinski definition) is 2. The summed E-state index contributed by atoms with van der Waals surface area (Å²) in [5, 5.41) is 4.16. The molecule has 0 saturated heterocycles. The van der Waals surface area contributed by atoms with Crippen LogP contribution in [0.25, 0.3) is 22.6 Å². The van der Waals surface area contributed by atoms with E-state index in [0.717, 1.165) is 51.7 Å². The van der Waals surface area contributed by atoms with Crippen molar-refractivity contribution in [1.82, 2.24) is 20.3 Å². The minimum absolute atomic E-state index is 0.614. The lowest BCUT2D eigenvalue weighted by Crippen LogP contribution is -2.23. The molecular formula is C22H20BrClN4O. The van der Waals surface area contributed by atoms with Crippen LogP contribution in [0.4, 0.5) is 0 Å². The Labute approximate surface area is 182 Å². The second-order valence-electron chi connectivity index (χ2n) is 6.61. The van der Waals surface area contributed by atoms with Gasteiger partial charge in [0.15, 0.2) is 5.65 Å². The molecule has 0 aliphatic carbocycles. The van der Waals surface area contributed by atoms with Crippen molar-refractivity contribution in [2.24, 2.45) is 0 Å². The number of hydrogen-bond acceptors (Lipinski definition) is 4. The van der Waals surface area contributed by atoms with Crippen molar-refractivity contribution >= 4 is 38.7 Å². The topological polar surface area (TPSA) is 62.8 Å². The van der Waals surface area contributed by atoms with Crippen LogP contribution in [-0.4, -0.2) is 34.6 Å². The monoisotopic (exact) mass is 470 g/mol. The summed E-state index contributed by atoms with van der Waals surface area (Å²) >= 11 is 9.32. The molecule has 0 spiro atoms. The number of nitrogens with zero attached hydrogens (tertiary/aromatic N) is 2. The fraction of sp³-hybridized carbons (Fsp3) is 0.182. The summed E-state index contributed by atoms with van der Waals surface area (Å²) in [6, 6.07) is 17.8. The van der Waals surface area contributed by atoms with Gasteiger partial charge in [-0.15, -0.1) is 0 Å². The molecule has 0 bridgehead atoms. The molecule has 148 valence electrons. The number of aromatic amines is 1. The van der Waals surface area contributed by atoms with Crippen molar-refractivity contribution in [3.8, 4) is 17.1 Å². The summed E-state index contributed by atoms with van der Waals surface area (Å²) < 4.78 is 6.73. The van der Waals surface area contributed by atoms with Gasteiger partial charge in [-0.2, -0.15) is 0 Å². The van der Waals surface area contributed by atoms with Crippen LogP contribution in [-0.2, 0) is 6.42 Å². The van der Waals surface area contributed by atoms with E-state index in [2.05, 4.69) is 48.3 Å². The third kappa shape index (κ3) is 5.35. The number of halogens is 2. The number of benzene rings is 2. The van der Waals surface area contributed by atoms with Crippen molar-refractivity contribution in [3.05, 3.63) is 75.9 Å². The first-order valence-corrected chi connectivity index (χ1v) is 10.5. The molecule has 0 fully saturated rings. The van der Waals surface area contributed by atoms with E-state index in [1.807, 2.05) is 42.5 Å². The lowest BCUT2D eigenvalue weighted by atomic mass is 10.1. The Hall–Kier alpha value is -2.41. The Morgan fingerprint density at radius 2 is 1.83 bits per heavy atom. The third-order valence-electron chi connectivity index (χ3n) is 4.48. The summed E-state index contributed by atoms with van der Waals surface area (Å²) in [6.45, 7) is 2.31. The first kappa shape index (κ1) is 19.9. The molecular weight excluding hydrogens is 452 g/mol. The van der Waals surface area contributed by atoms with Crippen LogP contribution in [0.2, 0.25) is 5.02 Å². The van der Waals surface area contributed by atoms with Crippen molar-refractivity contribution in [1.29, 1.82) is 0 Å². The maximum absolute atomic E-state index is 5.90. The maximum atomic E-state index is 5.90. The average molecular weight is 472 g/mol. The van der Waals surface area contributed by atoms with Crippen molar-refractivity contribution in [3.63, 3.8) is 0 Å². The van der Waals surface area contributed by atoms with Gasteiger partial charge in [0, 0.05) is 27.8 Å². The van der Waals surface area contributed by atoms with E-state index in [0.29, 0.717) is 12.3 Å². The molecule has 2 N–H and O–H groups in total. The molecule has 2 aromatic heterocycles. The predicted molar refractivity (Wildman–Crippen MR) is 121 cm³/mol. The number of rotatable bonds is 8. The second kappa shape index (κ2) is 9.39. The maximum Gasteiger partial charge on any atom is 0.178 e. The van der Waals surface area contributed by atoms with E-state index < -0.39 is 0 Å². The SMILES string of the molecule is Clc1ccc(CCNCCOc2ccc(-c3nc4ncc(Br)cc4[nH]3)cc2)cc1. The van der Waals surface area contributed by atoms with E-state index in [1.54, 1.807) is 6.20 Å². The zero-order valence-corrected chi connectivity index (χ0v) is 18.0. The van der Waals surface area contributed by atoms with Crippen LogP contribution >= 0.6 is 27.5 Å². The van der Waals surface area contributed by atoms with Crippen LogP contribution in [0.15, 0.2) is 65.3 Å². The summed E-state index contributed by atoms with van der Waals surface area (Å²) in [7, 11) is 0. The van der Waals surface area contributed by atoms with E-state index in [9.17, 15) is 0 Å². The Morgan fingerprint density at radius 1 is 1.03 bits per heavy atom. The van der Waals surface area contributed by atoms with Gasteiger partial charge in [-0.25, -0.2) is 9.97 Å². The summed E-state index contributed by atoms with van der Waals surface area (Å²) in [5.74, 6) is 1.63. The molecule has 4 aromatic rings. The number of aromatic nitrogens is 3. The number of fused-ring (bicyclic) bond motifs is 1. The molecule has 0 amide bonds. The lowest BCUT2D eigenvalue weighted by molar-refractivity contribution is 0.314. The molecule has 0 atom stereocenters. The molecule has 0 unspecified atom stereocenters. The minimum atomic E-state index is 0.614. The first-order chi connectivity index (χ1) is 14.2. The highest BCUT2D eigenvalue weighted by Crippen LogP contribution is 2.23. The third-order valence-corrected chi connectivity index (χ3v) is 5.17. The fourth-order valence-corrected chi connectivity index (χ4v) is 3.43. The van der Waals surface area contributed by atoms with E-state index in [-0.39, 0.29) is 0 Å². The van der Waals surface area contributed by atoms with Crippen LogP contribution < -0.4 is 10.1 Å². The lowest BCUT2D eigenvalue weighted by Gasteiger charge is -2.08. The smallest absolute Gasteiger partial charge is 0.178 e. The summed E-state index contributed by atoms with van der Waals surface area (Å²) in [5.41, 5.74) is 3.87. The Morgan fingerprint density at radius 3 is 2.62 bits per heavy atom. The van der Waals surface area contributed by atoms with E-state index >= 15 is 0 Å². The van der Waals surface area contributed by atoms with Gasteiger partial charge in [0.25, 0.3) is 0 Å². The number of H-pyrrole nitrogens is 1. The predicted octanol–water partition coefficient (Wildman–Crippen LogP) is 5.25. The van der Waals surface area contributed by atoms with Gasteiger partial charge in [0.2, 0.25) is 0 Å². The highest BCUT2D eigenvalue weighted by atomic mass is 79.9.